The molecule has 6 N–H and O–H groups in total. The maximum atomic E-state index is 12.7. The van der Waals surface area contributed by atoms with Gasteiger partial charge in [-0.2, -0.15) is 15.0 Å². The summed E-state index contributed by atoms with van der Waals surface area (Å²) in [6.07, 6.45) is 19.0. The summed E-state index contributed by atoms with van der Waals surface area (Å²) in [5.74, 6) is 11.1. The van der Waals surface area contributed by atoms with Gasteiger partial charge in [-0.05, 0) is 107 Å². The maximum absolute atomic E-state index is 12.7. The Bertz CT molecular complexity index is 3860. The molecule has 11 aliphatic rings. The van der Waals surface area contributed by atoms with Crippen LogP contribution in [0, 0.1) is 12.3 Å². The third-order valence-electron chi connectivity index (χ3n) is 20.9. The van der Waals surface area contributed by atoms with Crippen molar-refractivity contribution in [3.8, 4) is 12.3 Å². The van der Waals surface area contributed by atoms with Crippen LogP contribution in [0.5, 0.6) is 0 Å². The smallest absolute Gasteiger partial charge is 0.227 e. The van der Waals surface area contributed by atoms with Crippen LogP contribution in [0.3, 0.4) is 0 Å². The van der Waals surface area contributed by atoms with Gasteiger partial charge in [0.25, 0.3) is 0 Å². The minimum Gasteiger partial charge on any atom is -0.468 e. The maximum Gasteiger partial charge on any atom is 0.227 e. The molecule has 2 spiro atoms. The molecule has 510 valence electrons. The van der Waals surface area contributed by atoms with Crippen molar-refractivity contribution in [1.82, 2.24) is 35.2 Å². The standard InChI is InChI=1S/C24H30N6O2S.C24H29N5O3S.C24H28N4O2S/c1-16-25-19-5-3-2-4-18(19)24(29-16)9-11-30(12-10-24)23-27-20-8-15-33(31)21(20)22(28-23)26-17-6-13-32-14-7-17;1-16-25-19-5-3-2-4-18(19)24(32-16)9-11-29(12-10-24)23-27-20-8-15-33(30)21(20)22(28-23)26-17-6-13-31-14-7-17;1-2-17-3-5-18(6-4-17)19-7-12-28(13-8-19)24-26-21-11-16-31(29)22(21)23(27-24)25-20-9-14-30-15-10-20/h2-5,17,25,29H,1,6-15H2,(H,26,27,28);2-5,17,25H,1,6-15H2,(H,26,27,28);1,3-6,19-20H,7-16H2,(H,25,26,27). The number of nitrogens with zero attached hydrogens (tertiary/aromatic N) is 9. The molecule has 3 aromatic carbocycles. The fraction of sp³-hybridized carbons (Fsp3) is 0.500. The van der Waals surface area contributed by atoms with Crippen molar-refractivity contribution in [2.45, 2.75) is 146 Å². The van der Waals surface area contributed by atoms with Crippen molar-refractivity contribution in [3.05, 3.63) is 137 Å². The molecule has 0 bridgehead atoms. The quantitative estimate of drug-likeness (QED) is 0.0701. The molecule has 3 aromatic heterocycles. The van der Waals surface area contributed by atoms with E-state index in [0.717, 1.165) is 265 Å². The first-order valence-electron chi connectivity index (χ1n) is 34.7. The Hall–Kier alpha value is -7.73. The van der Waals surface area contributed by atoms with Crippen molar-refractivity contribution < 1.29 is 31.6 Å². The van der Waals surface area contributed by atoms with Crippen LogP contribution in [0.4, 0.5) is 46.7 Å². The van der Waals surface area contributed by atoms with Crippen molar-refractivity contribution in [2.75, 3.05) is 137 Å². The molecule has 0 saturated carbocycles. The van der Waals surface area contributed by atoms with Gasteiger partial charge in [0.1, 0.15) is 37.7 Å². The number of hydrogen-bond donors (Lipinski definition) is 6. The van der Waals surface area contributed by atoms with Crippen molar-refractivity contribution in [1.29, 1.82) is 0 Å². The number of rotatable bonds is 10. The van der Waals surface area contributed by atoms with Crippen LogP contribution in [0.25, 0.3) is 0 Å². The molecule has 0 radical (unpaired) electrons. The topological polar surface area (TPSA) is 247 Å². The van der Waals surface area contributed by atoms with Gasteiger partial charge in [0.2, 0.25) is 17.8 Å². The van der Waals surface area contributed by atoms with Crippen LogP contribution in [0.15, 0.2) is 112 Å². The van der Waals surface area contributed by atoms with Gasteiger partial charge in [0.05, 0.1) is 60.8 Å². The number of nitrogens with one attached hydrogen (secondary N) is 6. The van der Waals surface area contributed by atoms with Gasteiger partial charge in [0, 0.05) is 174 Å². The van der Waals surface area contributed by atoms with Crippen LogP contribution < -0.4 is 46.6 Å². The van der Waals surface area contributed by atoms with Crippen molar-refractivity contribution in [2.24, 2.45) is 0 Å². The molecular formula is C72H87N15O7S3. The first-order valence-corrected chi connectivity index (χ1v) is 38.7. The van der Waals surface area contributed by atoms with E-state index < -0.39 is 32.4 Å². The highest BCUT2D eigenvalue weighted by Gasteiger charge is 2.45. The summed E-state index contributed by atoms with van der Waals surface area (Å²) in [6.45, 7) is 17.8. The highest BCUT2D eigenvalue weighted by atomic mass is 32.2. The number of aromatic nitrogens is 6. The van der Waals surface area contributed by atoms with Gasteiger partial charge < -0.3 is 65.5 Å². The number of fused-ring (bicyclic) bond motifs is 7. The second-order valence-electron chi connectivity index (χ2n) is 27.0. The fourth-order valence-corrected chi connectivity index (χ4v) is 19.5. The summed E-state index contributed by atoms with van der Waals surface area (Å²) in [4.78, 5) is 38.5. The lowest BCUT2D eigenvalue weighted by atomic mass is 9.79. The highest BCUT2D eigenvalue weighted by Crippen LogP contribution is 2.47. The summed E-state index contributed by atoms with van der Waals surface area (Å²) in [7, 11) is -3.08. The number of terminal acetylenes is 1. The number of hydrogen-bond acceptors (Lipinski definition) is 22. The minimum absolute atomic E-state index is 0.128. The normalized spacial score (nSPS) is 23.5. The Labute approximate surface area is 575 Å². The number of benzene rings is 3. The van der Waals surface area contributed by atoms with Crippen LogP contribution in [0.2, 0.25) is 0 Å². The van der Waals surface area contributed by atoms with Gasteiger partial charge >= 0.3 is 0 Å². The third-order valence-corrected chi connectivity index (χ3v) is 25.3. The zero-order valence-electron chi connectivity index (χ0n) is 55.0. The molecule has 25 heteroatoms. The number of piperidine rings is 3. The van der Waals surface area contributed by atoms with Crippen molar-refractivity contribution >= 4 is 79.1 Å². The molecule has 6 aromatic rings. The monoisotopic (exact) mass is 1370 g/mol. The van der Waals surface area contributed by atoms with E-state index in [4.69, 9.17) is 55.3 Å². The van der Waals surface area contributed by atoms with Gasteiger partial charge in [-0.1, -0.05) is 61.0 Å². The zero-order chi connectivity index (χ0) is 66.0. The second kappa shape index (κ2) is 28.6. The highest BCUT2D eigenvalue weighted by molar-refractivity contribution is 7.86. The Morgan fingerprint density at radius 3 is 1.37 bits per heavy atom. The largest absolute Gasteiger partial charge is 0.468 e. The van der Waals surface area contributed by atoms with Gasteiger partial charge in [-0.25, -0.2) is 15.0 Å². The van der Waals surface area contributed by atoms with E-state index in [9.17, 15) is 12.6 Å². The molecule has 14 heterocycles. The van der Waals surface area contributed by atoms with Crippen LogP contribution in [-0.4, -0.2) is 157 Å². The fourth-order valence-electron chi connectivity index (χ4n) is 15.6. The number of aryl methyl sites for hydroxylation is 3. The van der Waals surface area contributed by atoms with E-state index >= 15 is 0 Å². The van der Waals surface area contributed by atoms with Gasteiger partial charge in [-0.15, -0.1) is 6.42 Å². The van der Waals surface area contributed by atoms with Crippen LogP contribution in [-0.2, 0) is 81.7 Å². The van der Waals surface area contributed by atoms with E-state index in [1.54, 1.807) is 0 Å². The first kappa shape index (κ1) is 65.2. The van der Waals surface area contributed by atoms with E-state index in [0.29, 0.717) is 47.2 Å². The lowest BCUT2D eigenvalue weighted by Gasteiger charge is -2.47. The summed E-state index contributed by atoms with van der Waals surface area (Å²) < 4.78 is 60.8. The van der Waals surface area contributed by atoms with Crippen LogP contribution in [0.1, 0.15) is 122 Å². The Kier molecular flexibility index (Phi) is 19.2. The molecule has 0 amide bonds. The Balaban J connectivity index is 0.000000119. The Morgan fingerprint density at radius 2 is 0.918 bits per heavy atom. The zero-order valence-corrected chi connectivity index (χ0v) is 57.5. The average Bonchev–Trinajstić information content (AvgIpc) is 1.25. The van der Waals surface area contributed by atoms with Gasteiger partial charge in [0.15, 0.2) is 5.88 Å². The summed E-state index contributed by atoms with van der Waals surface area (Å²) in [6, 6.07) is 26.1. The molecule has 6 saturated heterocycles. The molecule has 17 rings (SSSR count). The molecule has 0 aliphatic carbocycles. The molecule has 11 aliphatic heterocycles. The minimum atomic E-state index is -1.04. The van der Waals surface area contributed by atoms with E-state index in [1.807, 2.05) is 18.2 Å². The number of ether oxygens (including phenoxy) is 4. The second-order valence-corrected chi connectivity index (χ2v) is 31.5. The van der Waals surface area contributed by atoms with E-state index in [1.165, 1.54) is 16.7 Å². The summed E-state index contributed by atoms with van der Waals surface area (Å²) >= 11 is 0. The predicted molar refractivity (Wildman–Crippen MR) is 381 cm³/mol. The molecule has 6 fully saturated rings. The van der Waals surface area contributed by atoms with Gasteiger partial charge in [-0.3, -0.25) is 12.6 Å². The number of anilines is 8. The molecule has 3 atom stereocenters. The molecule has 22 nitrogen and oxygen atoms in total. The molecular weight excluding hydrogens is 1280 g/mol. The number of para-hydroxylation sites is 2. The lowest BCUT2D eigenvalue weighted by Crippen LogP contribution is -2.54. The Morgan fingerprint density at radius 1 is 0.505 bits per heavy atom. The third kappa shape index (κ3) is 13.9. The molecule has 97 heavy (non-hydrogen) atoms. The summed E-state index contributed by atoms with van der Waals surface area (Å²) in [5.41, 5.74) is 9.26. The van der Waals surface area contributed by atoms with E-state index in [-0.39, 0.29) is 11.1 Å². The van der Waals surface area contributed by atoms with E-state index in [2.05, 4.69) is 120 Å². The van der Waals surface area contributed by atoms with Crippen LogP contribution >= 0.6 is 0 Å². The average molecular weight is 1370 g/mol. The molecule has 3 unspecified atom stereocenters. The SMILES string of the molecule is C#Cc1ccc(C2CCN(c3nc4c(c(NC5CCOCC5)n3)S(=O)CC4)CC2)cc1.C=C1Nc2ccccc2C2(CCN(c3nc4c(c(NC5CCOCC5)n3)S(=O)CC4)CC2)N1.C=C1Nc2ccccc2C2(CCN(c3nc4c(c(NC5CCOCC5)n3)S(=O)CC4)CC2)O1. The predicted octanol–water partition coefficient (Wildman–Crippen LogP) is 8.95. The first-order chi connectivity index (χ1) is 47.4. The summed E-state index contributed by atoms with van der Waals surface area (Å²) in [5, 5.41) is 21.0. The lowest BCUT2D eigenvalue weighted by molar-refractivity contribution is -0.0257. The van der Waals surface area contributed by atoms with Crippen molar-refractivity contribution in [3.63, 3.8) is 0 Å².